The van der Waals surface area contributed by atoms with Crippen molar-refractivity contribution >= 4 is 0 Å². The summed E-state index contributed by atoms with van der Waals surface area (Å²) < 4.78 is 5.92. The number of benzene rings is 1. The molecule has 0 bridgehead atoms. The Balaban J connectivity index is 2.20. The van der Waals surface area contributed by atoms with Gasteiger partial charge >= 0.3 is 0 Å². The Morgan fingerprint density at radius 2 is 1.67 bits per heavy atom. The second kappa shape index (κ2) is 6.10. The summed E-state index contributed by atoms with van der Waals surface area (Å²) in [5.74, 6) is 0.795. The summed E-state index contributed by atoms with van der Waals surface area (Å²) in [4.78, 5) is 0. The number of methoxy groups -OCH3 is 1. The van der Waals surface area contributed by atoms with Crippen molar-refractivity contribution in [2.45, 2.75) is 70.4 Å². The Morgan fingerprint density at radius 1 is 1.14 bits per heavy atom. The van der Waals surface area contributed by atoms with Crippen molar-refractivity contribution in [3.63, 3.8) is 0 Å². The molecule has 1 saturated carbocycles. The number of hydrogen-bond acceptors (Lipinski definition) is 2. The normalized spacial score (nSPS) is 28.4. The standard InChI is InChI=1S/C19H31NO/c1-14-10-12-19(21-5,13-11-14)17(20)15-6-8-16(9-7-15)18(2,3)4/h6-9,14,17H,10-13,20H2,1-5H3. The second-order valence-corrected chi connectivity index (χ2v) is 7.80. The average molecular weight is 289 g/mol. The maximum absolute atomic E-state index is 6.59. The van der Waals surface area contributed by atoms with E-state index in [1.54, 1.807) is 0 Å². The summed E-state index contributed by atoms with van der Waals surface area (Å²) in [5, 5.41) is 0. The molecule has 1 atom stereocenters. The van der Waals surface area contributed by atoms with Gasteiger partial charge in [0.1, 0.15) is 0 Å². The largest absolute Gasteiger partial charge is 0.376 e. The van der Waals surface area contributed by atoms with Crippen LogP contribution in [0.1, 0.15) is 70.5 Å². The molecule has 0 radical (unpaired) electrons. The Labute approximate surface area is 130 Å². The highest BCUT2D eigenvalue weighted by atomic mass is 16.5. The molecule has 1 aromatic rings. The first-order chi connectivity index (χ1) is 9.78. The highest BCUT2D eigenvalue weighted by Gasteiger charge is 2.40. The van der Waals surface area contributed by atoms with E-state index in [2.05, 4.69) is 52.0 Å². The molecule has 21 heavy (non-hydrogen) atoms. The molecule has 0 saturated heterocycles. The van der Waals surface area contributed by atoms with Crippen LogP contribution in [-0.4, -0.2) is 12.7 Å². The molecule has 1 fully saturated rings. The molecule has 0 spiro atoms. The lowest BCUT2D eigenvalue weighted by Crippen LogP contribution is -2.45. The predicted molar refractivity (Wildman–Crippen MR) is 89.4 cm³/mol. The molecule has 2 rings (SSSR count). The minimum Gasteiger partial charge on any atom is -0.376 e. The first-order valence-corrected chi connectivity index (χ1v) is 8.20. The van der Waals surface area contributed by atoms with Gasteiger partial charge < -0.3 is 10.5 Å². The van der Waals surface area contributed by atoms with Gasteiger partial charge in [0.15, 0.2) is 0 Å². The zero-order valence-corrected chi connectivity index (χ0v) is 14.3. The lowest BCUT2D eigenvalue weighted by atomic mass is 9.73. The van der Waals surface area contributed by atoms with Crippen LogP contribution in [0, 0.1) is 5.92 Å². The smallest absolute Gasteiger partial charge is 0.0870 e. The SMILES string of the molecule is COC1(C(N)c2ccc(C(C)(C)C)cc2)CCC(C)CC1. The highest BCUT2D eigenvalue weighted by Crippen LogP contribution is 2.41. The molecular formula is C19H31NO. The zero-order valence-electron chi connectivity index (χ0n) is 14.3. The van der Waals surface area contributed by atoms with E-state index in [1.165, 1.54) is 24.0 Å². The van der Waals surface area contributed by atoms with Crippen LogP contribution in [-0.2, 0) is 10.2 Å². The fraction of sp³-hybridized carbons (Fsp3) is 0.684. The average Bonchev–Trinajstić information content (AvgIpc) is 2.47. The monoisotopic (exact) mass is 289 g/mol. The summed E-state index contributed by atoms with van der Waals surface area (Å²) in [5.41, 5.74) is 9.14. The van der Waals surface area contributed by atoms with E-state index in [1.807, 2.05) is 7.11 Å². The maximum atomic E-state index is 6.59. The quantitative estimate of drug-likeness (QED) is 0.884. The van der Waals surface area contributed by atoms with Gasteiger partial charge in [-0.2, -0.15) is 0 Å². The topological polar surface area (TPSA) is 35.2 Å². The van der Waals surface area contributed by atoms with Gasteiger partial charge in [0, 0.05) is 7.11 Å². The lowest BCUT2D eigenvalue weighted by molar-refractivity contribution is -0.0672. The first kappa shape index (κ1) is 16.5. The Kier molecular flexibility index (Phi) is 4.79. The minimum atomic E-state index is -0.185. The Hall–Kier alpha value is -0.860. The highest BCUT2D eigenvalue weighted by molar-refractivity contribution is 5.30. The van der Waals surface area contributed by atoms with Crippen LogP contribution < -0.4 is 5.73 Å². The van der Waals surface area contributed by atoms with E-state index in [-0.39, 0.29) is 17.1 Å². The molecule has 0 aliphatic heterocycles. The van der Waals surface area contributed by atoms with E-state index in [0.29, 0.717) is 0 Å². The van der Waals surface area contributed by atoms with Gasteiger partial charge in [-0.25, -0.2) is 0 Å². The van der Waals surface area contributed by atoms with Crippen LogP contribution in [0.15, 0.2) is 24.3 Å². The van der Waals surface area contributed by atoms with E-state index in [9.17, 15) is 0 Å². The molecule has 2 nitrogen and oxygen atoms in total. The van der Waals surface area contributed by atoms with Gasteiger partial charge in [-0.05, 0) is 48.1 Å². The Bertz CT molecular complexity index is 449. The summed E-state index contributed by atoms with van der Waals surface area (Å²) in [6, 6.07) is 8.76. The van der Waals surface area contributed by atoms with E-state index < -0.39 is 0 Å². The van der Waals surface area contributed by atoms with Crippen molar-refractivity contribution in [2.24, 2.45) is 11.7 Å². The molecule has 0 amide bonds. The minimum absolute atomic E-state index is 0.0379. The Morgan fingerprint density at radius 3 is 2.10 bits per heavy atom. The summed E-state index contributed by atoms with van der Waals surface area (Å²) >= 11 is 0. The number of hydrogen-bond donors (Lipinski definition) is 1. The first-order valence-electron chi connectivity index (χ1n) is 8.20. The van der Waals surface area contributed by atoms with Gasteiger partial charge in [0.05, 0.1) is 11.6 Å². The van der Waals surface area contributed by atoms with E-state index >= 15 is 0 Å². The van der Waals surface area contributed by atoms with Gasteiger partial charge in [-0.15, -0.1) is 0 Å². The van der Waals surface area contributed by atoms with E-state index in [4.69, 9.17) is 10.5 Å². The predicted octanol–water partition coefficient (Wildman–Crippen LogP) is 4.58. The molecule has 2 N–H and O–H groups in total. The van der Waals surface area contributed by atoms with Gasteiger partial charge in [0.25, 0.3) is 0 Å². The van der Waals surface area contributed by atoms with Gasteiger partial charge in [-0.1, -0.05) is 52.0 Å². The van der Waals surface area contributed by atoms with Crippen molar-refractivity contribution in [1.82, 2.24) is 0 Å². The molecule has 0 heterocycles. The number of rotatable bonds is 3. The van der Waals surface area contributed by atoms with Crippen molar-refractivity contribution < 1.29 is 4.74 Å². The van der Waals surface area contributed by atoms with Crippen molar-refractivity contribution in [3.8, 4) is 0 Å². The third-order valence-corrected chi connectivity index (χ3v) is 5.23. The molecular weight excluding hydrogens is 258 g/mol. The molecule has 2 heteroatoms. The van der Waals surface area contributed by atoms with Crippen LogP contribution >= 0.6 is 0 Å². The van der Waals surface area contributed by atoms with Crippen LogP contribution in [0.2, 0.25) is 0 Å². The second-order valence-electron chi connectivity index (χ2n) is 7.80. The molecule has 1 aromatic carbocycles. The summed E-state index contributed by atoms with van der Waals surface area (Å²) in [7, 11) is 1.82. The molecule has 1 aliphatic carbocycles. The molecule has 118 valence electrons. The van der Waals surface area contributed by atoms with Gasteiger partial charge in [-0.3, -0.25) is 0 Å². The third kappa shape index (κ3) is 3.49. The number of nitrogens with two attached hydrogens (primary N) is 1. The third-order valence-electron chi connectivity index (χ3n) is 5.23. The van der Waals surface area contributed by atoms with Crippen LogP contribution in [0.5, 0.6) is 0 Å². The number of ether oxygens (including phenoxy) is 1. The van der Waals surface area contributed by atoms with Crippen LogP contribution in [0.3, 0.4) is 0 Å². The zero-order chi connectivity index (χ0) is 15.7. The van der Waals surface area contributed by atoms with Crippen molar-refractivity contribution in [1.29, 1.82) is 0 Å². The lowest BCUT2D eigenvalue weighted by Gasteiger charge is -2.42. The maximum Gasteiger partial charge on any atom is 0.0870 e. The molecule has 0 aromatic heterocycles. The fourth-order valence-corrected chi connectivity index (χ4v) is 3.39. The van der Waals surface area contributed by atoms with Crippen molar-refractivity contribution in [2.75, 3.05) is 7.11 Å². The fourth-order valence-electron chi connectivity index (χ4n) is 3.39. The van der Waals surface area contributed by atoms with Crippen LogP contribution in [0.4, 0.5) is 0 Å². The summed E-state index contributed by atoms with van der Waals surface area (Å²) in [6.45, 7) is 9.03. The van der Waals surface area contributed by atoms with Crippen LogP contribution in [0.25, 0.3) is 0 Å². The van der Waals surface area contributed by atoms with Crippen molar-refractivity contribution in [3.05, 3.63) is 35.4 Å². The van der Waals surface area contributed by atoms with Gasteiger partial charge in [0.2, 0.25) is 0 Å². The summed E-state index contributed by atoms with van der Waals surface area (Å²) in [6.07, 6.45) is 4.54. The van der Waals surface area contributed by atoms with E-state index in [0.717, 1.165) is 18.8 Å². The molecule has 1 aliphatic rings. The molecule has 1 unspecified atom stereocenters.